The van der Waals surface area contributed by atoms with E-state index in [2.05, 4.69) is 15.3 Å². The van der Waals surface area contributed by atoms with Gasteiger partial charge in [-0.25, -0.2) is 9.80 Å². The minimum absolute atomic E-state index is 0.0372. The number of nitro benzene ring substituents is 1. The molecule has 3 amide bonds. The van der Waals surface area contributed by atoms with Crippen LogP contribution in [0.15, 0.2) is 76.4 Å². The smallest absolute Gasteiger partial charge is 0.322 e. The second-order valence-electron chi connectivity index (χ2n) is 9.83. The van der Waals surface area contributed by atoms with Crippen molar-refractivity contribution in [2.75, 3.05) is 58.4 Å². The fraction of sp³-hybridized carbons (Fsp3) is 0.345. The molecular formula is C29H32N6O7. The summed E-state index contributed by atoms with van der Waals surface area (Å²) in [6, 6.07) is 15.6. The molecule has 3 heterocycles. The number of nitrogens with one attached hydrogen (secondary N) is 1. The first-order chi connectivity index (χ1) is 20.4. The van der Waals surface area contributed by atoms with Crippen molar-refractivity contribution < 1.29 is 28.4 Å². The SMILES string of the molecule is COc1ccccc1NC(=O)N(CCN1CCOCC1)CC(=O)N1N=C(c2ccc([N+](=O)[O-])cc2)CC1c1ccco1. The van der Waals surface area contributed by atoms with Crippen molar-refractivity contribution >= 4 is 29.0 Å². The fourth-order valence-electron chi connectivity index (χ4n) is 4.91. The highest BCUT2D eigenvalue weighted by molar-refractivity contribution is 6.03. The molecule has 0 radical (unpaired) electrons. The topological polar surface area (TPSA) is 143 Å². The number of rotatable bonds is 10. The van der Waals surface area contributed by atoms with E-state index in [4.69, 9.17) is 13.9 Å². The van der Waals surface area contributed by atoms with E-state index in [-0.39, 0.29) is 12.2 Å². The number of non-ortho nitro benzene ring substituents is 1. The zero-order valence-corrected chi connectivity index (χ0v) is 23.2. The molecule has 2 aromatic carbocycles. The second kappa shape index (κ2) is 13.3. The van der Waals surface area contributed by atoms with Crippen molar-refractivity contribution in [3.8, 4) is 5.75 Å². The monoisotopic (exact) mass is 576 g/mol. The van der Waals surface area contributed by atoms with Gasteiger partial charge in [-0.3, -0.25) is 19.8 Å². The van der Waals surface area contributed by atoms with Crippen LogP contribution in [0.25, 0.3) is 0 Å². The number of amides is 3. The lowest BCUT2D eigenvalue weighted by atomic mass is 10.0. The van der Waals surface area contributed by atoms with Gasteiger partial charge in [0.25, 0.3) is 11.6 Å². The molecule has 13 heteroatoms. The van der Waals surface area contributed by atoms with Crippen molar-refractivity contribution in [1.29, 1.82) is 0 Å². The number of hydrogen-bond donors (Lipinski definition) is 1. The van der Waals surface area contributed by atoms with Crippen LogP contribution in [0.1, 0.15) is 23.8 Å². The molecule has 220 valence electrons. The Labute approximate surface area is 242 Å². The summed E-state index contributed by atoms with van der Waals surface area (Å²) in [4.78, 5) is 41.6. The highest BCUT2D eigenvalue weighted by atomic mass is 16.6. The third-order valence-electron chi connectivity index (χ3n) is 7.20. The van der Waals surface area contributed by atoms with Crippen LogP contribution in [-0.4, -0.2) is 90.4 Å². The lowest BCUT2D eigenvalue weighted by molar-refractivity contribution is -0.384. The Morgan fingerprint density at radius 1 is 1.12 bits per heavy atom. The fourth-order valence-corrected chi connectivity index (χ4v) is 4.91. The van der Waals surface area contributed by atoms with Crippen LogP contribution >= 0.6 is 0 Å². The molecule has 0 spiro atoms. The number of anilines is 1. The van der Waals surface area contributed by atoms with Gasteiger partial charge in [0.05, 0.1) is 42.9 Å². The number of hydrogen-bond acceptors (Lipinski definition) is 9. The predicted molar refractivity (Wildman–Crippen MR) is 153 cm³/mol. The molecule has 1 N–H and O–H groups in total. The van der Waals surface area contributed by atoms with Crippen LogP contribution in [0.3, 0.4) is 0 Å². The molecule has 42 heavy (non-hydrogen) atoms. The number of hydrazone groups is 1. The van der Waals surface area contributed by atoms with Gasteiger partial charge in [0, 0.05) is 44.7 Å². The average Bonchev–Trinajstić information content (AvgIpc) is 3.71. The molecule has 5 rings (SSSR count). The van der Waals surface area contributed by atoms with E-state index >= 15 is 0 Å². The van der Waals surface area contributed by atoms with Gasteiger partial charge >= 0.3 is 6.03 Å². The van der Waals surface area contributed by atoms with Crippen LogP contribution in [0.4, 0.5) is 16.2 Å². The van der Waals surface area contributed by atoms with Crippen LogP contribution < -0.4 is 10.1 Å². The number of morpholine rings is 1. The maximum Gasteiger partial charge on any atom is 0.322 e. The lowest BCUT2D eigenvalue weighted by Crippen LogP contribution is -2.47. The van der Waals surface area contributed by atoms with Gasteiger partial charge in [-0.05, 0) is 42.0 Å². The Kier molecular flexibility index (Phi) is 9.09. The first kappa shape index (κ1) is 28.8. The average molecular weight is 577 g/mol. The van der Waals surface area contributed by atoms with Gasteiger partial charge in [0.15, 0.2) is 0 Å². The number of urea groups is 1. The van der Waals surface area contributed by atoms with E-state index in [1.54, 1.807) is 48.5 Å². The Balaban J connectivity index is 1.37. The molecule has 1 atom stereocenters. The first-order valence-corrected chi connectivity index (χ1v) is 13.6. The highest BCUT2D eigenvalue weighted by Crippen LogP contribution is 2.33. The van der Waals surface area contributed by atoms with E-state index in [0.717, 1.165) is 13.1 Å². The summed E-state index contributed by atoms with van der Waals surface area (Å²) in [5.74, 6) is 0.646. The van der Waals surface area contributed by atoms with Gasteiger partial charge < -0.3 is 24.1 Å². The minimum atomic E-state index is -0.531. The number of para-hydroxylation sites is 2. The largest absolute Gasteiger partial charge is 0.495 e. The quantitative estimate of drug-likeness (QED) is 0.284. The molecule has 0 saturated carbocycles. The molecule has 13 nitrogen and oxygen atoms in total. The van der Waals surface area contributed by atoms with Crippen molar-refractivity contribution in [2.45, 2.75) is 12.5 Å². The number of carbonyl (C=O) groups is 2. The Morgan fingerprint density at radius 3 is 2.57 bits per heavy atom. The van der Waals surface area contributed by atoms with Gasteiger partial charge in [0.1, 0.15) is 24.1 Å². The number of benzene rings is 2. The summed E-state index contributed by atoms with van der Waals surface area (Å²) < 4.78 is 16.4. The Morgan fingerprint density at radius 2 is 1.88 bits per heavy atom. The van der Waals surface area contributed by atoms with Gasteiger partial charge in [-0.1, -0.05) is 12.1 Å². The molecule has 3 aromatic rings. The molecule has 0 aliphatic carbocycles. The molecular weight excluding hydrogens is 544 g/mol. The molecule has 1 saturated heterocycles. The lowest BCUT2D eigenvalue weighted by Gasteiger charge is -2.31. The van der Waals surface area contributed by atoms with E-state index in [1.165, 1.54) is 35.4 Å². The van der Waals surface area contributed by atoms with E-state index in [9.17, 15) is 19.7 Å². The summed E-state index contributed by atoms with van der Waals surface area (Å²) in [7, 11) is 1.52. The molecule has 0 bridgehead atoms. The summed E-state index contributed by atoms with van der Waals surface area (Å²) in [6.07, 6.45) is 1.87. The minimum Gasteiger partial charge on any atom is -0.495 e. The Bertz CT molecular complexity index is 1420. The molecule has 1 unspecified atom stereocenters. The van der Waals surface area contributed by atoms with Crippen molar-refractivity contribution in [1.82, 2.24) is 14.8 Å². The van der Waals surface area contributed by atoms with E-state index < -0.39 is 22.9 Å². The number of furan rings is 1. The zero-order valence-electron chi connectivity index (χ0n) is 23.2. The van der Waals surface area contributed by atoms with Crippen LogP contribution in [0.2, 0.25) is 0 Å². The normalized spacial score (nSPS) is 17.0. The van der Waals surface area contributed by atoms with E-state index in [0.29, 0.717) is 61.2 Å². The molecule has 2 aliphatic rings. The van der Waals surface area contributed by atoms with Gasteiger partial charge in [0.2, 0.25) is 0 Å². The number of nitro groups is 1. The van der Waals surface area contributed by atoms with Crippen molar-refractivity contribution in [3.63, 3.8) is 0 Å². The summed E-state index contributed by atoms with van der Waals surface area (Å²) in [5, 5.41) is 19.9. The number of ether oxygens (including phenoxy) is 2. The first-order valence-electron chi connectivity index (χ1n) is 13.6. The maximum absolute atomic E-state index is 13.8. The summed E-state index contributed by atoms with van der Waals surface area (Å²) in [5.41, 5.74) is 1.69. The van der Waals surface area contributed by atoms with Crippen molar-refractivity contribution in [2.24, 2.45) is 5.10 Å². The van der Waals surface area contributed by atoms with Crippen LogP contribution in [0.5, 0.6) is 5.75 Å². The van der Waals surface area contributed by atoms with Gasteiger partial charge in [-0.2, -0.15) is 5.10 Å². The van der Waals surface area contributed by atoms with Gasteiger partial charge in [-0.15, -0.1) is 0 Å². The summed E-state index contributed by atoms with van der Waals surface area (Å²) in [6.45, 7) is 3.34. The summed E-state index contributed by atoms with van der Waals surface area (Å²) >= 11 is 0. The predicted octanol–water partition coefficient (Wildman–Crippen LogP) is 3.74. The third kappa shape index (κ3) is 6.75. The Hall–Kier alpha value is -4.75. The molecule has 2 aliphatic heterocycles. The van der Waals surface area contributed by atoms with Crippen LogP contribution in [-0.2, 0) is 9.53 Å². The number of nitrogens with zero attached hydrogens (tertiary/aromatic N) is 5. The standard InChI is InChI=1S/C29H32N6O7/c1-40-26-6-3-2-5-23(26)30-29(37)33(13-12-32-14-17-41-18-15-32)20-28(36)34-25(27-7-4-16-42-27)19-24(31-34)21-8-10-22(11-9-21)35(38)39/h2-11,16,25H,12-15,17-20H2,1H3,(H,30,37). The third-order valence-corrected chi connectivity index (χ3v) is 7.20. The number of methoxy groups -OCH3 is 1. The second-order valence-corrected chi connectivity index (χ2v) is 9.83. The molecule has 1 aromatic heterocycles. The highest BCUT2D eigenvalue weighted by Gasteiger charge is 2.36. The maximum atomic E-state index is 13.8. The van der Waals surface area contributed by atoms with Crippen molar-refractivity contribution in [3.05, 3.63) is 88.4 Å². The zero-order chi connectivity index (χ0) is 29.5. The van der Waals surface area contributed by atoms with Crippen LogP contribution in [0, 0.1) is 10.1 Å². The molecule has 1 fully saturated rings. The van der Waals surface area contributed by atoms with E-state index in [1.807, 2.05) is 0 Å². The number of carbonyl (C=O) groups excluding carboxylic acids is 2.